The molecule has 0 radical (unpaired) electrons. The average molecular weight is 690 g/mol. The molecule has 254 valence electrons. The first-order chi connectivity index (χ1) is 23.0. The Labute approximate surface area is 288 Å². The van der Waals surface area contributed by atoms with E-state index < -0.39 is 15.6 Å². The van der Waals surface area contributed by atoms with Gasteiger partial charge in [-0.1, -0.05) is 54.1 Å². The van der Waals surface area contributed by atoms with Gasteiger partial charge in [-0.3, -0.25) is 9.69 Å². The SMILES string of the molecule is Cc1nc2ccccc2n1[C@H]1C[C@H]2CC[C@@H](C1)N2CCC1(c2ccccc2)CN(C(=O)c2cc(S(=O)(=O)NC(C)C)ccc2Cl)CCO1. The Hall–Kier alpha value is -3.28. The molecular formula is C37H44ClN5O4S. The summed E-state index contributed by atoms with van der Waals surface area (Å²) in [5, 5.41) is 0.223. The topological polar surface area (TPSA) is 96.8 Å². The fraction of sp³-hybridized carbons (Fsp3) is 0.459. The minimum Gasteiger partial charge on any atom is -0.367 e. The maximum Gasteiger partial charge on any atom is 0.255 e. The lowest BCUT2D eigenvalue weighted by atomic mass is 9.87. The van der Waals surface area contributed by atoms with Crippen molar-refractivity contribution in [3.05, 3.63) is 94.8 Å². The molecule has 4 atom stereocenters. The molecule has 0 spiro atoms. The maximum absolute atomic E-state index is 14.1. The van der Waals surface area contributed by atoms with E-state index in [1.807, 2.05) is 18.2 Å². The molecule has 0 saturated carbocycles. The second kappa shape index (κ2) is 13.2. The van der Waals surface area contributed by atoms with E-state index in [2.05, 4.69) is 57.5 Å². The molecule has 3 aliphatic heterocycles. The third kappa shape index (κ3) is 6.29. The van der Waals surface area contributed by atoms with Crippen LogP contribution in [-0.4, -0.2) is 78.0 Å². The standard InChI is InChI=1S/C37H44ClN5O4S/c1-25(2)40-48(45,46)31-15-16-33(38)32(23-31)36(44)41-19-20-47-37(24-41,27-9-5-4-6-10-27)17-18-42-28-13-14-29(42)22-30(21-28)43-26(3)39-34-11-7-8-12-35(34)43/h4-12,15-16,23,25,28-30,40H,13-14,17-22,24H2,1-3H3/t28-,29+,30+,37?. The highest BCUT2D eigenvalue weighted by Gasteiger charge is 2.45. The summed E-state index contributed by atoms with van der Waals surface area (Å²) in [7, 11) is -3.80. The van der Waals surface area contributed by atoms with Gasteiger partial charge in [0.1, 0.15) is 11.4 Å². The number of carbonyl (C=O) groups is 1. The number of fused-ring (bicyclic) bond motifs is 3. The number of carbonyl (C=O) groups excluding carboxylic acids is 1. The normalized spacial score (nSPS) is 24.9. The molecule has 48 heavy (non-hydrogen) atoms. The van der Waals surface area contributed by atoms with Crippen LogP contribution >= 0.6 is 11.6 Å². The van der Waals surface area contributed by atoms with Crippen molar-refractivity contribution in [3.8, 4) is 0 Å². The molecular weight excluding hydrogens is 646 g/mol. The molecule has 9 nitrogen and oxygen atoms in total. The Kier molecular flexibility index (Phi) is 9.14. The van der Waals surface area contributed by atoms with E-state index in [1.54, 1.807) is 18.7 Å². The zero-order chi connectivity index (χ0) is 33.6. The monoisotopic (exact) mass is 689 g/mol. The molecule has 4 aromatic rings. The van der Waals surface area contributed by atoms with E-state index in [0.29, 0.717) is 37.8 Å². The van der Waals surface area contributed by atoms with E-state index in [4.69, 9.17) is 21.3 Å². The second-order valence-corrected chi connectivity index (χ2v) is 16.0. The first-order valence-corrected chi connectivity index (χ1v) is 18.9. The molecule has 3 aliphatic rings. The molecule has 4 heterocycles. The molecule has 1 amide bonds. The number of hydrogen-bond acceptors (Lipinski definition) is 6. The predicted octanol–water partition coefficient (Wildman–Crippen LogP) is 6.31. The van der Waals surface area contributed by atoms with Gasteiger partial charge in [0.2, 0.25) is 10.0 Å². The Morgan fingerprint density at radius 1 is 1.02 bits per heavy atom. The molecule has 1 N–H and O–H groups in total. The van der Waals surface area contributed by atoms with E-state index in [-0.39, 0.29) is 27.4 Å². The number of benzene rings is 3. The van der Waals surface area contributed by atoms with Crippen LogP contribution < -0.4 is 4.72 Å². The number of para-hydroxylation sites is 2. The Balaban J connectivity index is 1.11. The molecule has 1 aromatic heterocycles. The minimum atomic E-state index is -3.80. The van der Waals surface area contributed by atoms with Gasteiger partial charge in [-0.25, -0.2) is 18.1 Å². The van der Waals surface area contributed by atoms with Crippen molar-refractivity contribution in [1.29, 1.82) is 0 Å². The minimum absolute atomic E-state index is 0.0179. The number of imidazole rings is 1. The number of nitrogens with one attached hydrogen (secondary N) is 1. The Bertz CT molecular complexity index is 1900. The molecule has 2 bridgehead atoms. The Morgan fingerprint density at radius 2 is 1.73 bits per heavy atom. The molecule has 0 aliphatic carbocycles. The van der Waals surface area contributed by atoms with Gasteiger partial charge in [0, 0.05) is 37.3 Å². The highest BCUT2D eigenvalue weighted by atomic mass is 35.5. The van der Waals surface area contributed by atoms with E-state index in [1.165, 1.54) is 36.6 Å². The number of aryl methyl sites for hydroxylation is 1. The van der Waals surface area contributed by atoms with Crippen LogP contribution in [0.5, 0.6) is 0 Å². The number of ether oxygens (including phenoxy) is 1. The zero-order valence-corrected chi connectivity index (χ0v) is 29.4. The number of rotatable bonds is 9. The van der Waals surface area contributed by atoms with Crippen LogP contribution in [-0.2, 0) is 20.4 Å². The maximum atomic E-state index is 14.1. The third-order valence-electron chi connectivity index (χ3n) is 10.4. The number of hydrogen-bond donors (Lipinski definition) is 1. The number of piperidine rings is 1. The van der Waals surface area contributed by atoms with E-state index in [9.17, 15) is 13.2 Å². The second-order valence-electron chi connectivity index (χ2n) is 13.9. The predicted molar refractivity (Wildman–Crippen MR) is 188 cm³/mol. The van der Waals surface area contributed by atoms with Crippen molar-refractivity contribution in [1.82, 2.24) is 24.1 Å². The van der Waals surface area contributed by atoms with Gasteiger partial charge in [-0.15, -0.1) is 0 Å². The van der Waals surface area contributed by atoms with Crippen molar-refractivity contribution < 1.29 is 17.9 Å². The first-order valence-electron chi connectivity index (χ1n) is 17.0. The summed E-state index contributed by atoms with van der Waals surface area (Å²) < 4.78 is 37.6. The molecule has 7 rings (SSSR count). The van der Waals surface area contributed by atoms with E-state index >= 15 is 0 Å². The lowest BCUT2D eigenvalue weighted by molar-refractivity contribution is -0.115. The quantitative estimate of drug-likeness (QED) is 0.221. The van der Waals surface area contributed by atoms with Crippen molar-refractivity contribution in [2.24, 2.45) is 0 Å². The summed E-state index contributed by atoms with van der Waals surface area (Å²) in [5.74, 6) is 0.783. The van der Waals surface area contributed by atoms with Crippen molar-refractivity contribution in [3.63, 3.8) is 0 Å². The van der Waals surface area contributed by atoms with Crippen LogP contribution in [0.3, 0.4) is 0 Å². The van der Waals surface area contributed by atoms with Gasteiger partial charge < -0.3 is 14.2 Å². The molecule has 1 unspecified atom stereocenters. The highest BCUT2D eigenvalue weighted by Crippen LogP contribution is 2.44. The average Bonchev–Trinajstić information content (AvgIpc) is 3.53. The summed E-state index contributed by atoms with van der Waals surface area (Å²) in [5.41, 5.74) is 2.78. The lowest BCUT2D eigenvalue weighted by Gasteiger charge is -2.46. The van der Waals surface area contributed by atoms with Crippen molar-refractivity contribution in [2.75, 3.05) is 26.2 Å². The molecule has 3 aromatic carbocycles. The number of aromatic nitrogens is 2. The number of amides is 1. The van der Waals surface area contributed by atoms with Gasteiger partial charge in [-0.2, -0.15) is 0 Å². The fourth-order valence-electron chi connectivity index (χ4n) is 8.31. The number of nitrogens with zero attached hydrogens (tertiary/aromatic N) is 4. The van der Waals surface area contributed by atoms with Crippen LogP contribution in [0.4, 0.5) is 0 Å². The fourth-order valence-corrected chi connectivity index (χ4v) is 9.79. The number of morpholine rings is 1. The summed E-state index contributed by atoms with van der Waals surface area (Å²) in [6, 6.07) is 24.0. The zero-order valence-electron chi connectivity index (χ0n) is 27.8. The van der Waals surface area contributed by atoms with Crippen LogP contribution in [0.25, 0.3) is 11.0 Å². The largest absolute Gasteiger partial charge is 0.367 e. The van der Waals surface area contributed by atoms with Gasteiger partial charge in [-0.05, 0) is 88.8 Å². The third-order valence-corrected chi connectivity index (χ3v) is 12.4. The van der Waals surface area contributed by atoms with Crippen LogP contribution in [0.1, 0.15) is 73.7 Å². The van der Waals surface area contributed by atoms with Crippen LogP contribution in [0.2, 0.25) is 5.02 Å². The van der Waals surface area contributed by atoms with Crippen LogP contribution in [0.15, 0.2) is 77.7 Å². The summed E-state index contributed by atoms with van der Waals surface area (Å²) in [6.45, 7) is 7.60. The van der Waals surface area contributed by atoms with Crippen LogP contribution in [0, 0.1) is 6.92 Å². The van der Waals surface area contributed by atoms with Crippen molar-refractivity contribution >= 4 is 38.6 Å². The lowest BCUT2D eigenvalue weighted by Crippen LogP contribution is -2.54. The van der Waals surface area contributed by atoms with Crippen molar-refractivity contribution in [2.45, 2.75) is 87.5 Å². The van der Waals surface area contributed by atoms with Gasteiger partial charge in [0.15, 0.2) is 0 Å². The van der Waals surface area contributed by atoms with Gasteiger partial charge >= 0.3 is 0 Å². The number of sulfonamides is 1. The molecule has 3 fully saturated rings. The van der Waals surface area contributed by atoms with Gasteiger partial charge in [0.25, 0.3) is 5.91 Å². The van der Waals surface area contributed by atoms with E-state index in [0.717, 1.165) is 42.7 Å². The Morgan fingerprint density at radius 3 is 2.46 bits per heavy atom. The number of halogens is 1. The molecule has 3 saturated heterocycles. The summed E-state index contributed by atoms with van der Waals surface area (Å²) >= 11 is 6.54. The summed E-state index contributed by atoms with van der Waals surface area (Å²) in [4.78, 5) is 23.4. The van der Waals surface area contributed by atoms with Gasteiger partial charge in [0.05, 0.1) is 39.7 Å². The smallest absolute Gasteiger partial charge is 0.255 e. The molecule has 11 heteroatoms. The first kappa shape index (κ1) is 33.2. The highest BCUT2D eigenvalue weighted by molar-refractivity contribution is 7.89. The summed E-state index contributed by atoms with van der Waals surface area (Å²) in [6.07, 6.45) is 5.27.